The number of esters is 1. The molecule has 0 spiro atoms. The van der Waals surface area contributed by atoms with Crippen LogP contribution in [0.25, 0.3) is 0 Å². The van der Waals surface area contributed by atoms with Crippen LogP contribution in [0.4, 0.5) is 0 Å². The van der Waals surface area contributed by atoms with E-state index in [9.17, 15) is 4.79 Å². The summed E-state index contributed by atoms with van der Waals surface area (Å²) in [6, 6.07) is 0.809. The van der Waals surface area contributed by atoms with Gasteiger partial charge in [-0.2, -0.15) is 0 Å². The maximum Gasteiger partial charge on any atom is 0.308 e. The number of rotatable bonds is 2. The van der Waals surface area contributed by atoms with Crippen molar-refractivity contribution in [1.82, 2.24) is 4.90 Å². The Hall–Kier alpha value is -0.570. The van der Waals surface area contributed by atoms with Gasteiger partial charge >= 0.3 is 5.97 Å². The van der Waals surface area contributed by atoms with E-state index in [2.05, 4.69) is 4.90 Å². The van der Waals surface area contributed by atoms with Crippen molar-refractivity contribution < 1.29 is 9.53 Å². The Bertz CT molecular complexity index is 216. The Labute approximate surface area is 91.8 Å². The average molecular weight is 211 g/mol. The molecule has 0 bridgehead atoms. The lowest BCUT2D eigenvalue weighted by molar-refractivity contribution is -0.147. The van der Waals surface area contributed by atoms with Gasteiger partial charge in [-0.25, -0.2) is 0 Å². The smallest absolute Gasteiger partial charge is 0.308 e. The fraction of sp³-hybridized carbons (Fsp3) is 0.917. The number of hydrogen-bond acceptors (Lipinski definition) is 3. The van der Waals surface area contributed by atoms with Gasteiger partial charge in [-0.15, -0.1) is 0 Å². The molecule has 0 aromatic heterocycles. The molecule has 3 nitrogen and oxygen atoms in total. The lowest BCUT2D eigenvalue weighted by Gasteiger charge is -2.34. The van der Waals surface area contributed by atoms with E-state index in [4.69, 9.17) is 4.74 Å². The Kier molecular flexibility index (Phi) is 3.62. The van der Waals surface area contributed by atoms with Crippen molar-refractivity contribution in [3.8, 4) is 0 Å². The van der Waals surface area contributed by atoms with Crippen LogP contribution in [0.1, 0.15) is 38.5 Å². The third-order valence-electron chi connectivity index (χ3n) is 3.91. The summed E-state index contributed by atoms with van der Waals surface area (Å²) in [7, 11) is 1.49. The van der Waals surface area contributed by atoms with Crippen LogP contribution < -0.4 is 0 Å². The summed E-state index contributed by atoms with van der Waals surface area (Å²) >= 11 is 0. The number of hydrogen-bond donors (Lipinski definition) is 0. The predicted molar refractivity (Wildman–Crippen MR) is 58.6 cm³/mol. The van der Waals surface area contributed by atoms with Crippen molar-refractivity contribution >= 4 is 5.97 Å². The number of likely N-dealkylation sites (tertiary alicyclic amines) is 1. The second-order valence-electron chi connectivity index (χ2n) is 4.77. The minimum Gasteiger partial charge on any atom is -0.469 e. The lowest BCUT2D eigenvalue weighted by atomic mass is 9.95. The maximum atomic E-state index is 11.4. The van der Waals surface area contributed by atoms with E-state index in [0.717, 1.165) is 32.0 Å². The van der Waals surface area contributed by atoms with Crippen LogP contribution in [0.15, 0.2) is 0 Å². The Balaban J connectivity index is 1.78. The maximum absolute atomic E-state index is 11.4. The lowest BCUT2D eigenvalue weighted by Crippen LogP contribution is -2.41. The van der Waals surface area contributed by atoms with Crippen LogP contribution in [0, 0.1) is 5.92 Å². The summed E-state index contributed by atoms with van der Waals surface area (Å²) in [5, 5.41) is 0. The Morgan fingerprint density at radius 1 is 1.13 bits per heavy atom. The molecule has 0 radical (unpaired) electrons. The quantitative estimate of drug-likeness (QED) is 0.652. The summed E-state index contributed by atoms with van der Waals surface area (Å²) in [5.74, 6) is 0.147. The third-order valence-corrected chi connectivity index (χ3v) is 3.91. The highest BCUT2D eigenvalue weighted by molar-refractivity contribution is 5.72. The molecular weight excluding hydrogens is 190 g/mol. The third kappa shape index (κ3) is 2.51. The van der Waals surface area contributed by atoms with Gasteiger partial charge < -0.3 is 9.64 Å². The summed E-state index contributed by atoms with van der Waals surface area (Å²) in [6.07, 6.45) is 7.49. The van der Waals surface area contributed by atoms with Gasteiger partial charge in [0.1, 0.15) is 0 Å². The van der Waals surface area contributed by atoms with E-state index >= 15 is 0 Å². The van der Waals surface area contributed by atoms with Crippen molar-refractivity contribution in [3.05, 3.63) is 0 Å². The fourth-order valence-electron chi connectivity index (χ4n) is 2.94. The molecule has 0 atom stereocenters. The van der Waals surface area contributed by atoms with Crippen molar-refractivity contribution in [3.63, 3.8) is 0 Å². The molecule has 3 heteroatoms. The first-order chi connectivity index (χ1) is 7.31. The molecule has 1 saturated carbocycles. The van der Waals surface area contributed by atoms with Crippen LogP contribution in [-0.2, 0) is 9.53 Å². The zero-order valence-electron chi connectivity index (χ0n) is 9.58. The van der Waals surface area contributed by atoms with Gasteiger partial charge in [-0.3, -0.25) is 4.79 Å². The SMILES string of the molecule is COC(=O)C1CCN(C2CCCC2)CC1. The molecule has 2 aliphatic rings. The van der Waals surface area contributed by atoms with Crippen molar-refractivity contribution in [2.75, 3.05) is 20.2 Å². The first-order valence-electron chi connectivity index (χ1n) is 6.13. The Morgan fingerprint density at radius 2 is 1.73 bits per heavy atom. The fourth-order valence-corrected chi connectivity index (χ4v) is 2.94. The van der Waals surface area contributed by atoms with E-state index < -0.39 is 0 Å². The van der Waals surface area contributed by atoms with Crippen LogP contribution >= 0.6 is 0 Å². The molecule has 0 amide bonds. The molecule has 1 heterocycles. The van der Waals surface area contributed by atoms with E-state index in [1.807, 2.05) is 0 Å². The van der Waals surface area contributed by atoms with E-state index in [-0.39, 0.29) is 11.9 Å². The molecular formula is C12H21NO2. The molecule has 1 saturated heterocycles. The number of nitrogens with zero attached hydrogens (tertiary/aromatic N) is 1. The molecule has 86 valence electrons. The van der Waals surface area contributed by atoms with E-state index in [0.29, 0.717) is 0 Å². The second-order valence-corrected chi connectivity index (χ2v) is 4.77. The van der Waals surface area contributed by atoms with Crippen molar-refractivity contribution in [1.29, 1.82) is 0 Å². The zero-order valence-corrected chi connectivity index (χ0v) is 9.58. The van der Waals surface area contributed by atoms with Crippen LogP contribution in [0.2, 0.25) is 0 Å². The molecule has 15 heavy (non-hydrogen) atoms. The standard InChI is InChI=1S/C12H21NO2/c1-15-12(14)10-6-8-13(9-7-10)11-4-2-3-5-11/h10-11H,2-9H2,1H3. The minimum atomic E-state index is -0.0129. The zero-order chi connectivity index (χ0) is 10.7. The first-order valence-corrected chi connectivity index (χ1v) is 6.13. The first kappa shape index (κ1) is 10.9. The van der Waals surface area contributed by atoms with E-state index in [1.165, 1.54) is 32.8 Å². The number of carbonyl (C=O) groups excluding carboxylic acids is 1. The molecule has 0 N–H and O–H groups in total. The Morgan fingerprint density at radius 3 is 2.27 bits per heavy atom. The van der Waals surface area contributed by atoms with Crippen LogP contribution in [0.3, 0.4) is 0 Å². The highest BCUT2D eigenvalue weighted by Crippen LogP contribution is 2.28. The van der Waals surface area contributed by atoms with Gasteiger partial charge in [-0.1, -0.05) is 12.8 Å². The molecule has 0 unspecified atom stereocenters. The summed E-state index contributed by atoms with van der Waals surface area (Å²) in [5.41, 5.74) is 0. The van der Waals surface area contributed by atoms with Gasteiger partial charge in [0.25, 0.3) is 0 Å². The molecule has 0 aromatic carbocycles. The van der Waals surface area contributed by atoms with E-state index in [1.54, 1.807) is 0 Å². The van der Waals surface area contributed by atoms with Gasteiger partial charge in [0.05, 0.1) is 13.0 Å². The van der Waals surface area contributed by atoms with Gasteiger partial charge in [0, 0.05) is 6.04 Å². The number of carbonyl (C=O) groups is 1. The van der Waals surface area contributed by atoms with Gasteiger partial charge in [-0.05, 0) is 38.8 Å². The molecule has 0 aromatic rings. The van der Waals surface area contributed by atoms with Crippen molar-refractivity contribution in [2.24, 2.45) is 5.92 Å². The summed E-state index contributed by atoms with van der Waals surface area (Å²) in [6.45, 7) is 2.18. The average Bonchev–Trinajstić information content (AvgIpc) is 2.82. The molecule has 2 fully saturated rings. The summed E-state index contributed by atoms with van der Waals surface area (Å²) < 4.78 is 4.79. The monoisotopic (exact) mass is 211 g/mol. The number of methoxy groups -OCH3 is 1. The van der Waals surface area contributed by atoms with Crippen molar-refractivity contribution in [2.45, 2.75) is 44.6 Å². The highest BCUT2D eigenvalue weighted by Gasteiger charge is 2.30. The minimum absolute atomic E-state index is 0.0129. The topological polar surface area (TPSA) is 29.5 Å². The van der Waals surface area contributed by atoms with Gasteiger partial charge in [0.15, 0.2) is 0 Å². The molecule has 1 aliphatic carbocycles. The van der Waals surface area contributed by atoms with Gasteiger partial charge in [0.2, 0.25) is 0 Å². The normalized spacial score (nSPS) is 25.7. The summed E-state index contributed by atoms with van der Waals surface area (Å²) in [4.78, 5) is 13.9. The number of ether oxygens (including phenoxy) is 1. The molecule has 1 aliphatic heterocycles. The molecule has 2 rings (SSSR count). The number of piperidine rings is 1. The largest absolute Gasteiger partial charge is 0.469 e. The van der Waals surface area contributed by atoms with Crippen LogP contribution in [0.5, 0.6) is 0 Å². The highest BCUT2D eigenvalue weighted by atomic mass is 16.5. The van der Waals surface area contributed by atoms with Crippen LogP contribution in [-0.4, -0.2) is 37.1 Å². The second kappa shape index (κ2) is 4.97. The predicted octanol–water partition coefficient (Wildman–Crippen LogP) is 1.81.